The van der Waals surface area contributed by atoms with E-state index in [0.29, 0.717) is 0 Å². The Kier molecular flexibility index (Phi) is 10.8. The number of piperazine rings is 1. The van der Waals surface area contributed by atoms with Crippen LogP contribution in [-0.4, -0.2) is 44.7 Å². The van der Waals surface area contributed by atoms with Crippen LogP contribution < -0.4 is 4.90 Å². The fourth-order valence-corrected chi connectivity index (χ4v) is 3.38. The topological polar surface area (TPSA) is 15.7 Å². The summed E-state index contributed by atoms with van der Waals surface area (Å²) in [6, 6.07) is 19.4. The second-order valence-corrected chi connectivity index (χ2v) is 6.86. The summed E-state index contributed by atoms with van der Waals surface area (Å²) in [5.74, 6) is 0. The van der Waals surface area contributed by atoms with Crippen molar-refractivity contribution in [3.8, 4) is 0 Å². The molecule has 1 aliphatic heterocycles. The fraction of sp³-hybridized carbons (Fsp3) is 0.455. The molecule has 1 saturated heterocycles. The predicted octanol–water partition coefficient (Wildman–Crippen LogP) is 5.19. The summed E-state index contributed by atoms with van der Waals surface area (Å²) >= 11 is 0. The number of ether oxygens (including phenoxy) is 1. The van der Waals surface area contributed by atoms with Gasteiger partial charge in [-0.25, -0.2) is 0 Å². The van der Waals surface area contributed by atoms with E-state index >= 15 is 0 Å². The number of hydrogen-bond acceptors (Lipinski definition) is 3. The number of rotatable bonds is 7. The summed E-state index contributed by atoms with van der Waals surface area (Å²) in [5, 5.41) is 0. The van der Waals surface area contributed by atoms with E-state index in [2.05, 4.69) is 78.4 Å². The Bertz CT molecular complexity index is 646. The zero-order valence-electron chi connectivity index (χ0n) is 16.3. The van der Waals surface area contributed by atoms with Crippen molar-refractivity contribution in [1.29, 1.82) is 0 Å². The zero-order chi connectivity index (χ0) is 17.5. The van der Waals surface area contributed by atoms with E-state index in [0.717, 1.165) is 45.6 Å². The maximum atomic E-state index is 6.37. The first-order valence-corrected chi connectivity index (χ1v) is 9.48. The summed E-state index contributed by atoms with van der Waals surface area (Å²) in [5.41, 5.74) is 3.84. The molecule has 0 amide bonds. The van der Waals surface area contributed by atoms with Gasteiger partial charge < -0.3 is 14.5 Å². The molecule has 3 rings (SSSR count). The molecule has 0 bridgehead atoms. The first-order valence-electron chi connectivity index (χ1n) is 9.48. The zero-order valence-corrected chi connectivity index (χ0v) is 18.0. The van der Waals surface area contributed by atoms with E-state index in [1.165, 1.54) is 16.8 Å². The molecule has 0 radical (unpaired) electrons. The molecule has 0 aromatic heterocycles. The van der Waals surface area contributed by atoms with Gasteiger partial charge in [0.1, 0.15) is 6.10 Å². The molecule has 0 spiro atoms. The van der Waals surface area contributed by atoms with Crippen LogP contribution in [0.3, 0.4) is 0 Å². The van der Waals surface area contributed by atoms with Crippen LogP contribution in [0.2, 0.25) is 0 Å². The van der Waals surface area contributed by atoms with Crippen molar-refractivity contribution in [3.63, 3.8) is 0 Å². The molecule has 3 nitrogen and oxygen atoms in total. The molecular weight excluding hydrogens is 379 g/mol. The highest BCUT2D eigenvalue weighted by molar-refractivity contribution is 5.85. The molecular formula is C22H32Cl2N2O. The van der Waals surface area contributed by atoms with Crippen molar-refractivity contribution in [2.45, 2.75) is 25.9 Å². The highest BCUT2D eigenvalue weighted by Gasteiger charge is 2.22. The van der Waals surface area contributed by atoms with Crippen LogP contribution in [-0.2, 0) is 4.74 Å². The lowest BCUT2D eigenvalue weighted by molar-refractivity contribution is 0.0780. The third-order valence-corrected chi connectivity index (χ3v) is 4.95. The molecule has 150 valence electrons. The minimum atomic E-state index is 0. The van der Waals surface area contributed by atoms with E-state index in [1.807, 2.05) is 0 Å². The number of benzene rings is 2. The Morgan fingerprint density at radius 3 is 2.19 bits per heavy atom. The molecule has 1 aliphatic rings. The summed E-state index contributed by atoms with van der Waals surface area (Å²) < 4.78 is 6.37. The number of likely N-dealkylation sites (N-methyl/N-ethyl adjacent to an activating group) is 1. The average Bonchev–Trinajstić information content (AvgIpc) is 2.67. The Morgan fingerprint density at radius 2 is 1.52 bits per heavy atom. The maximum Gasteiger partial charge on any atom is 0.110 e. The molecule has 0 N–H and O–H groups in total. The van der Waals surface area contributed by atoms with Gasteiger partial charge in [0.25, 0.3) is 0 Å². The Balaban J connectivity index is 0.00000182. The Hall–Kier alpha value is -1.26. The lowest BCUT2D eigenvalue weighted by Crippen LogP contribution is -2.45. The molecule has 1 unspecified atom stereocenters. The van der Waals surface area contributed by atoms with Gasteiger partial charge in [-0.05, 0) is 25.1 Å². The second-order valence-electron chi connectivity index (χ2n) is 6.86. The maximum absolute atomic E-state index is 6.37. The summed E-state index contributed by atoms with van der Waals surface area (Å²) in [6.07, 6.45) is 2.25. The van der Waals surface area contributed by atoms with Gasteiger partial charge in [0.2, 0.25) is 0 Å². The Morgan fingerprint density at radius 1 is 0.889 bits per heavy atom. The highest BCUT2D eigenvalue weighted by Crippen LogP contribution is 2.34. The minimum absolute atomic E-state index is 0. The van der Waals surface area contributed by atoms with Crippen LogP contribution in [0, 0.1) is 0 Å². The number of anilines is 1. The monoisotopic (exact) mass is 410 g/mol. The third-order valence-electron chi connectivity index (χ3n) is 4.95. The van der Waals surface area contributed by atoms with Crippen LogP contribution in [0.4, 0.5) is 5.69 Å². The van der Waals surface area contributed by atoms with Gasteiger partial charge in [0.05, 0.1) is 0 Å². The lowest BCUT2D eigenvalue weighted by Gasteiger charge is -2.36. The van der Waals surface area contributed by atoms with Crippen molar-refractivity contribution < 1.29 is 4.74 Å². The average molecular weight is 411 g/mol. The lowest BCUT2D eigenvalue weighted by atomic mass is 9.98. The van der Waals surface area contributed by atoms with Crippen LogP contribution in [0.15, 0.2) is 54.6 Å². The number of para-hydroxylation sites is 1. The van der Waals surface area contributed by atoms with Gasteiger partial charge in [-0.3, -0.25) is 0 Å². The van der Waals surface area contributed by atoms with Crippen LogP contribution in [0.1, 0.15) is 37.0 Å². The minimum Gasteiger partial charge on any atom is -0.369 e. The van der Waals surface area contributed by atoms with Crippen molar-refractivity contribution in [2.75, 3.05) is 44.7 Å². The normalized spacial score (nSPS) is 15.6. The summed E-state index contributed by atoms with van der Waals surface area (Å²) in [4.78, 5) is 4.90. The van der Waals surface area contributed by atoms with Gasteiger partial charge in [-0.15, -0.1) is 24.8 Å². The van der Waals surface area contributed by atoms with E-state index in [9.17, 15) is 0 Å². The first-order chi connectivity index (χ1) is 12.3. The molecule has 0 aliphatic carbocycles. The summed E-state index contributed by atoms with van der Waals surface area (Å²) in [7, 11) is 2.20. The van der Waals surface area contributed by atoms with Gasteiger partial charge in [0, 0.05) is 44.0 Å². The van der Waals surface area contributed by atoms with Gasteiger partial charge in [0.15, 0.2) is 0 Å². The largest absolute Gasteiger partial charge is 0.369 e. The predicted molar refractivity (Wildman–Crippen MR) is 120 cm³/mol. The molecule has 0 saturated carbocycles. The van der Waals surface area contributed by atoms with Crippen LogP contribution in [0.5, 0.6) is 0 Å². The van der Waals surface area contributed by atoms with Crippen LogP contribution in [0.25, 0.3) is 0 Å². The Labute approximate surface area is 176 Å². The summed E-state index contributed by atoms with van der Waals surface area (Å²) in [6.45, 7) is 7.38. The van der Waals surface area contributed by atoms with Crippen molar-refractivity contribution in [3.05, 3.63) is 65.7 Å². The molecule has 1 atom stereocenters. The smallest absolute Gasteiger partial charge is 0.110 e. The van der Waals surface area contributed by atoms with Gasteiger partial charge in [-0.2, -0.15) is 0 Å². The first kappa shape index (κ1) is 23.8. The van der Waals surface area contributed by atoms with E-state index in [-0.39, 0.29) is 30.9 Å². The third kappa shape index (κ3) is 6.39. The SMILES string of the molecule is CCCCOC(c1ccccc1)c1ccccc1N1CCN(C)CC1.Cl.Cl. The number of hydrogen-bond donors (Lipinski definition) is 0. The van der Waals surface area contributed by atoms with Crippen molar-refractivity contribution in [2.24, 2.45) is 0 Å². The molecule has 2 aromatic carbocycles. The molecule has 1 fully saturated rings. The van der Waals surface area contributed by atoms with Crippen molar-refractivity contribution in [1.82, 2.24) is 4.90 Å². The number of nitrogens with zero attached hydrogens (tertiary/aromatic N) is 2. The standard InChI is InChI=1S/C22H30N2O.2ClH/c1-3-4-18-25-22(19-10-6-5-7-11-19)20-12-8-9-13-21(20)24-16-14-23(2)15-17-24;;/h5-13,22H,3-4,14-18H2,1-2H3;2*1H. The van der Waals surface area contributed by atoms with E-state index < -0.39 is 0 Å². The van der Waals surface area contributed by atoms with Crippen molar-refractivity contribution >= 4 is 30.5 Å². The fourth-order valence-electron chi connectivity index (χ4n) is 3.38. The van der Waals surface area contributed by atoms with Crippen LogP contribution >= 0.6 is 24.8 Å². The molecule has 27 heavy (non-hydrogen) atoms. The van der Waals surface area contributed by atoms with E-state index in [1.54, 1.807) is 0 Å². The van der Waals surface area contributed by atoms with E-state index in [4.69, 9.17) is 4.74 Å². The molecule has 1 heterocycles. The van der Waals surface area contributed by atoms with Gasteiger partial charge >= 0.3 is 0 Å². The molecule has 2 aromatic rings. The number of halogens is 2. The highest BCUT2D eigenvalue weighted by atomic mass is 35.5. The quantitative estimate of drug-likeness (QED) is 0.584. The number of unbranched alkanes of at least 4 members (excludes halogenated alkanes) is 1. The molecule has 5 heteroatoms. The van der Waals surface area contributed by atoms with Gasteiger partial charge in [-0.1, -0.05) is 61.9 Å². The second kappa shape index (κ2) is 12.2.